The Balaban J connectivity index is 1.34. The van der Waals surface area contributed by atoms with Crippen molar-refractivity contribution >= 4 is 17.5 Å². The van der Waals surface area contributed by atoms with Crippen LogP contribution in [0.2, 0.25) is 0 Å². The first-order chi connectivity index (χ1) is 13.1. The molecule has 2 unspecified atom stereocenters. The molecule has 0 aliphatic carbocycles. The van der Waals surface area contributed by atoms with Crippen molar-refractivity contribution < 1.29 is 19.1 Å². The molecule has 1 aromatic carbocycles. The predicted molar refractivity (Wildman–Crippen MR) is 97.6 cm³/mol. The molecule has 5 rings (SSSR count). The maximum atomic E-state index is 13.1. The maximum absolute atomic E-state index is 13.1. The van der Waals surface area contributed by atoms with Crippen LogP contribution in [-0.4, -0.2) is 41.2 Å². The van der Waals surface area contributed by atoms with Gasteiger partial charge in [-0.05, 0) is 31.2 Å². The standard InChI is InChI=1S/C20H21N3O4/c1-13-16-3-2-6-21(16)7-8-22(13)20(25)14-9-19(24)23(11-14)15-4-5-17-18(10-15)27-12-26-17/h2-6,10,13-14H,7-9,11-12H2,1H3. The van der Waals surface area contributed by atoms with E-state index in [1.165, 1.54) is 0 Å². The number of anilines is 1. The van der Waals surface area contributed by atoms with E-state index in [2.05, 4.69) is 17.6 Å². The molecule has 0 spiro atoms. The second-order valence-electron chi connectivity index (χ2n) is 7.28. The van der Waals surface area contributed by atoms with Gasteiger partial charge in [0.2, 0.25) is 18.6 Å². The van der Waals surface area contributed by atoms with Gasteiger partial charge in [0.15, 0.2) is 11.5 Å². The van der Waals surface area contributed by atoms with E-state index in [-0.39, 0.29) is 37.0 Å². The molecular formula is C20H21N3O4. The number of carbonyl (C=O) groups excluding carboxylic acids is 2. The first-order valence-corrected chi connectivity index (χ1v) is 9.27. The van der Waals surface area contributed by atoms with Crippen LogP contribution in [0.1, 0.15) is 25.1 Å². The van der Waals surface area contributed by atoms with E-state index in [1.807, 2.05) is 29.3 Å². The van der Waals surface area contributed by atoms with Crippen LogP contribution in [0.15, 0.2) is 36.5 Å². The molecule has 140 valence electrons. The Morgan fingerprint density at radius 3 is 2.89 bits per heavy atom. The van der Waals surface area contributed by atoms with Crippen molar-refractivity contribution in [1.29, 1.82) is 0 Å². The Labute approximate surface area is 157 Å². The Morgan fingerprint density at radius 2 is 2.00 bits per heavy atom. The summed E-state index contributed by atoms with van der Waals surface area (Å²) in [7, 11) is 0. The summed E-state index contributed by atoms with van der Waals surface area (Å²) in [5.74, 6) is 1.04. The van der Waals surface area contributed by atoms with Crippen LogP contribution in [-0.2, 0) is 16.1 Å². The van der Waals surface area contributed by atoms with E-state index in [4.69, 9.17) is 9.47 Å². The summed E-state index contributed by atoms with van der Waals surface area (Å²) in [6.45, 7) is 4.13. The van der Waals surface area contributed by atoms with Gasteiger partial charge in [0, 0.05) is 49.7 Å². The van der Waals surface area contributed by atoms with Crippen molar-refractivity contribution in [3.05, 3.63) is 42.2 Å². The zero-order valence-electron chi connectivity index (χ0n) is 15.1. The third-order valence-corrected chi connectivity index (χ3v) is 5.77. The highest BCUT2D eigenvalue weighted by Crippen LogP contribution is 2.38. The molecule has 2 aromatic rings. The van der Waals surface area contributed by atoms with Gasteiger partial charge in [-0.25, -0.2) is 0 Å². The Kier molecular flexibility index (Phi) is 3.63. The zero-order chi connectivity index (χ0) is 18.5. The molecule has 0 N–H and O–H groups in total. The number of ether oxygens (including phenoxy) is 2. The topological polar surface area (TPSA) is 64.0 Å². The van der Waals surface area contributed by atoms with Gasteiger partial charge in [0.1, 0.15) is 0 Å². The summed E-state index contributed by atoms with van der Waals surface area (Å²) < 4.78 is 12.9. The number of benzene rings is 1. The summed E-state index contributed by atoms with van der Waals surface area (Å²) >= 11 is 0. The number of hydrogen-bond donors (Lipinski definition) is 0. The van der Waals surface area contributed by atoms with E-state index in [9.17, 15) is 9.59 Å². The van der Waals surface area contributed by atoms with E-state index >= 15 is 0 Å². The lowest BCUT2D eigenvalue weighted by Crippen LogP contribution is -2.44. The molecule has 4 heterocycles. The summed E-state index contributed by atoms with van der Waals surface area (Å²) in [4.78, 5) is 29.3. The summed E-state index contributed by atoms with van der Waals surface area (Å²) in [6, 6.07) is 9.55. The van der Waals surface area contributed by atoms with Crippen molar-refractivity contribution in [3.8, 4) is 11.5 Å². The average Bonchev–Trinajstić information content (AvgIpc) is 3.40. The number of nitrogens with zero attached hydrogens (tertiary/aromatic N) is 3. The van der Waals surface area contributed by atoms with Crippen molar-refractivity contribution in [2.75, 3.05) is 24.8 Å². The third kappa shape index (κ3) is 2.57. The lowest BCUT2D eigenvalue weighted by Gasteiger charge is -2.36. The van der Waals surface area contributed by atoms with E-state index in [1.54, 1.807) is 11.0 Å². The number of aromatic nitrogens is 1. The molecule has 2 amide bonds. The maximum Gasteiger partial charge on any atom is 0.231 e. The fraction of sp³-hybridized carbons (Fsp3) is 0.400. The van der Waals surface area contributed by atoms with Gasteiger partial charge in [-0.1, -0.05) is 0 Å². The van der Waals surface area contributed by atoms with Gasteiger partial charge in [-0.15, -0.1) is 0 Å². The Bertz CT molecular complexity index is 922. The van der Waals surface area contributed by atoms with Crippen molar-refractivity contribution in [3.63, 3.8) is 0 Å². The van der Waals surface area contributed by atoms with Crippen molar-refractivity contribution in [2.24, 2.45) is 5.92 Å². The molecule has 7 nitrogen and oxygen atoms in total. The molecule has 27 heavy (non-hydrogen) atoms. The van der Waals surface area contributed by atoms with Crippen LogP contribution in [0.3, 0.4) is 0 Å². The number of hydrogen-bond acceptors (Lipinski definition) is 4. The molecule has 2 atom stereocenters. The molecule has 0 radical (unpaired) electrons. The molecular weight excluding hydrogens is 346 g/mol. The molecule has 3 aliphatic rings. The van der Waals surface area contributed by atoms with Crippen LogP contribution in [0.4, 0.5) is 5.69 Å². The van der Waals surface area contributed by atoms with Crippen LogP contribution in [0, 0.1) is 5.92 Å². The number of carbonyl (C=O) groups is 2. The second-order valence-corrected chi connectivity index (χ2v) is 7.28. The van der Waals surface area contributed by atoms with Gasteiger partial charge in [0.05, 0.1) is 12.0 Å². The minimum absolute atomic E-state index is 0.0240. The van der Waals surface area contributed by atoms with E-state index < -0.39 is 0 Å². The molecule has 0 bridgehead atoms. The Morgan fingerprint density at radius 1 is 1.15 bits per heavy atom. The lowest BCUT2D eigenvalue weighted by atomic mass is 10.0. The van der Waals surface area contributed by atoms with Crippen LogP contribution >= 0.6 is 0 Å². The van der Waals surface area contributed by atoms with Gasteiger partial charge in [-0.2, -0.15) is 0 Å². The first kappa shape index (κ1) is 16.2. The summed E-state index contributed by atoms with van der Waals surface area (Å²) in [6.07, 6.45) is 2.30. The number of amides is 2. The third-order valence-electron chi connectivity index (χ3n) is 5.77. The second kappa shape index (κ2) is 6.04. The summed E-state index contributed by atoms with van der Waals surface area (Å²) in [5.41, 5.74) is 1.90. The minimum Gasteiger partial charge on any atom is -0.454 e. The van der Waals surface area contributed by atoms with Crippen molar-refractivity contribution in [2.45, 2.75) is 25.9 Å². The SMILES string of the molecule is CC1c2cccn2CCN1C(=O)C1CC(=O)N(c2ccc3c(c2)OCO3)C1. The van der Waals surface area contributed by atoms with Crippen LogP contribution < -0.4 is 14.4 Å². The van der Waals surface area contributed by atoms with E-state index in [0.717, 1.165) is 17.9 Å². The number of fused-ring (bicyclic) bond motifs is 2. The quantitative estimate of drug-likeness (QED) is 0.816. The highest BCUT2D eigenvalue weighted by Gasteiger charge is 2.40. The average molecular weight is 367 g/mol. The lowest BCUT2D eigenvalue weighted by molar-refractivity contribution is -0.139. The van der Waals surface area contributed by atoms with Crippen LogP contribution in [0.5, 0.6) is 11.5 Å². The van der Waals surface area contributed by atoms with E-state index in [0.29, 0.717) is 24.6 Å². The van der Waals surface area contributed by atoms with Crippen LogP contribution in [0.25, 0.3) is 0 Å². The molecule has 1 aromatic heterocycles. The highest BCUT2D eigenvalue weighted by molar-refractivity contribution is 6.00. The van der Waals surface area contributed by atoms with Crippen molar-refractivity contribution in [1.82, 2.24) is 9.47 Å². The smallest absolute Gasteiger partial charge is 0.231 e. The fourth-order valence-electron chi connectivity index (χ4n) is 4.29. The summed E-state index contributed by atoms with van der Waals surface area (Å²) in [5, 5.41) is 0. The fourth-order valence-corrected chi connectivity index (χ4v) is 4.29. The molecule has 7 heteroatoms. The Hall–Kier alpha value is -2.96. The zero-order valence-corrected chi connectivity index (χ0v) is 15.1. The van der Waals surface area contributed by atoms with Gasteiger partial charge in [-0.3, -0.25) is 9.59 Å². The highest BCUT2D eigenvalue weighted by atomic mass is 16.7. The monoisotopic (exact) mass is 367 g/mol. The van der Waals surface area contributed by atoms with Gasteiger partial charge < -0.3 is 23.8 Å². The molecule has 0 saturated carbocycles. The van der Waals surface area contributed by atoms with Gasteiger partial charge >= 0.3 is 0 Å². The first-order valence-electron chi connectivity index (χ1n) is 9.27. The molecule has 3 aliphatic heterocycles. The largest absolute Gasteiger partial charge is 0.454 e. The normalized spacial score (nSPS) is 23.7. The molecule has 1 saturated heterocycles. The molecule has 1 fully saturated rings. The van der Waals surface area contributed by atoms with Gasteiger partial charge in [0.25, 0.3) is 0 Å². The predicted octanol–water partition coefficient (Wildman–Crippen LogP) is 2.17. The number of rotatable bonds is 2. The minimum atomic E-state index is -0.313.